The number of hydrogen-bond donors (Lipinski definition) is 1. The second kappa shape index (κ2) is 6.48. The number of rotatable bonds is 5. The first kappa shape index (κ1) is 13.7. The molecule has 2 rings (SSSR count). The van der Waals surface area contributed by atoms with Gasteiger partial charge in [-0.1, -0.05) is 37.7 Å². The summed E-state index contributed by atoms with van der Waals surface area (Å²) in [7, 11) is 0. The quantitative estimate of drug-likeness (QED) is 0.832. The van der Waals surface area contributed by atoms with Crippen LogP contribution < -0.4 is 4.74 Å². The Labute approximate surface area is 118 Å². The van der Waals surface area contributed by atoms with Gasteiger partial charge >= 0.3 is 0 Å². The lowest BCUT2D eigenvalue weighted by molar-refractivity contribution is 0.341. The maximum absolute atomic E-state index is 5.64. The van der Waals surface area contributed by atoms with Gasteiger partial charge in [0.05, 0.1) is 12.2 Å². The van der Waals surface area contributed by atoms with Crippen LogP contribution in [0.25, 0.3) is 11.4 Å². The Morgan fingerprint density at radius 3 is 2.79 bits per heavy atom. The van der Waals surface area contributed by atoms with Crippen LogP contribution in [0.15, 0.2) is 30.3 Å². The van der Waals surface area contributed by atoms with Crippen LogP contribution in [0, 0.1) is 4.64 Å². The van der Waals surface area contributed by atoms with E-state index >= 15 is 0 Å². The highest BCUT2D eigenvalue weighted by Crippen LogP contribution is 2.27. The molecular formula is C15H18N2OS. The highest BCUT2D eigenvalue weighted by molar-refractivity contribution is 7.71. The predicted octanol–water partition coefficient (Wildman–Crippen LogP) is 4.16. The summed E-state index contributed by atoms with van der Waals surface area (Å²) in [5.74, 6) is 1.61. The van der Waals surface area contributed by atoms with Crippen molar-refractivity contribution in [3.8, 4) is 17.1 Å². The zero-order chi connectivity index (χ0) is 13.7. The lowest BCUT2D eigenvalue weighted by Gasteiger charge is -2.10. The normalized spacial score (nSPS) is 10.4. The van der Waals surface area contributed by atoms with Crippen LogP contribution in [0.1, 0.15) is 26.0 Å². The van der Waals surface area contributed by atoms with Crippen LogP contribution in [-0.2, 0) is 6.42 Å². The number of hydrogen-bond acceptors (Lipinski definition) is 3. The van der Waals surface area contributed by atoms with Gasteiger partial charge in [-0.3, -0.25) is 0 Å². The van der Waals surface area contributed by atoms with Gasteiger partial charge in [0.25, 0.3) is 0 Å². The Morgan fingerprint density at radius 1 is 1.26 bits per heavy atom. The summed E-state index contributed by atoms with van der Waals surface area (Å²) in [6.45, 7) is 4.75. The van der Waals surface area contributed by atoms with Crippen molar-refractivity contribution in [2.45, 2.75) is 26.7 Å². The molecule has 0 amide bonds. The van der Waals surface area contributed by atoms with Crippen molar-refractivity contribution in [1.82, 2.24) is 9.97 Å². The van der Waals surface area contributed by atoms with Crippen LogP contribution in [0.5, 0.6) is 5.75 Å². The minimum absolute atomic E-state index is 0.614. The molecule has 1 aromatic heterocycles. The third-order valence-corrected chi connectivity index (χ3v) is 2.97. The minimum atomic E-state index is 0.614. The summed E-state index contributed by atoms with van der Waals surface area (Å²) < 4.78 is 6.25. The van der Waals surface area contributed by atoms with Crippen LogP contribution in [0.3, 0.4) is 0 Å². The van der Waals surface area contributed by atoms with E-state index in [9.17, 15) is 0 Å². The summed E-state index contributed by atoms with van der Waals surface area (Å²) in [6.07, 6.45) is 2.04. The average Bonchev–Trinajstić information content (AvgIpc) is 2.39. The number of H-pyrrole nitrogens is 1. The van der Waals surface area contributed by atoms with Gasteiger partial charge in [-0.15, -0.1) is 0 Å². The smallest absolute Gasteiger partial charge is 0.142 e. The number of ether oxygens (including phenoxy) is 1. The first-order valence-electron chi connectivity index (χ1n) is 6.57. The van der Waals surface area contributed by atoms with E-state index in [2.05, 4.69) is 16.9 Å². The van der Waals surface area contributed by atoms with Crippen molar-refractivity contribution in [2.75, 3.05) is 6.61 Å². The van der Waals surface area contributed by atoms with E-state index in [1.165, 1.54) is 0 Å². The SMILES string of the molecule is CCCc1cc(=S)nc(-c2ccccc2OCC)[nH]1. The average molecular weight is 274 g/mol. The Hall–Kier alpha value is -1.68. The number of para-hydroxylation sites is 1. The zero-order valence-corrected chi connectivity index (χ0v) is 12.1. The summed E-state index contributed by atoms with van der Waals surface area (Å²) in [6, 6.07) is 9.80. The molecule has 0 unspecified atom stereocenters. The number of aryl methyl sites for hydroxylation is 1. The van der Waals surface area contributed by atoms with Gasteiger partial charge in [0.15, 0.2) is 0 Å². The van der Waals surface area contributed by atoms with Gasteiger partial charge in [-0.25, -0.2) is 4.98 Å². The molecule has 1 N–H and O–H groups in total. The highest BCUT2D eigenvalue weighted by atomic mass is 32.1. The van der Waals surface area contributed by atoms with Gasteiger partial charge in [0.1, 0.15) is 16.2 Å². The molecule has 19 heavy (non-hydrogen) atoms. The molecule has 0 saturated heterocycles. The third kappa shape index (κ3) is 3.41. The monoisotopic (exact) mass is 274 g/mol. The Balaban J connectivity index is 2.49. The number of aromatic nitrogens is 2. The summed E-state index contributed by atoms with van der Waals surface area (Å²) >= 11 is 5.24. The van der Waals surface area contributed by atoms with E-state index in [4.69, 9.17) is 17.0 Å². The molecule has 0 radical (unpaired) electrons. The molecule has 1 heterocycles. The van der Waals surface area contributed by atoms with Crippen LogP contribution in [0.2, 0.25) is 0 Å². The molecule has 0 aliphatic heterocycles. The van der Waals surface area contributed by atoms with Gasteiger partial charge in [-0.05, 0) is 31.5 Å². The minimum Gasteiger partial charge on any atom is -0.493 e. The van der Waals surface area contributed by atoms with Crippen LogP contribution in [-0.4, -0.2) is 16.6 Å². The van der Waals surface area contributed by atoms with Crippen molar-refractivity contribution in [2.24, 2.45) is 0 Å². The van der Waals surface area contributed by atoms with E-state index in [0.717, 1.165) is 35.7 Å². The van der Waals surface area contributed by atoms with Gasteiger partial charge < -0.3 is 9.72 Å². The van der Waals surface area contributed by atoms with Gasteiger partial charge in [0, 0.05) is 5.69 Å². The molecule has 4 heteroatoms. The fourth-order valence-electron chi connectivity index (χ4n) is 1.98. The van der Waals surface area contributed by atoms with Crippen LogP contribution >= 0.6 is 12.2 Å². The van der Waals surface area contributed by atoms with E-state index in [0.29, 0.717) is 11.2 Å². The molecule has 0 aliphatic carbocycles. The fraction of sp³-hybridized carbons (Fsp3) is 0.333. The first-order valence-corrected chi connectivity index (χ1v) is 6.97. The molecule has 100 valence electrons. The van der Waals surface area contributed by atoms with E-state index < -0.39 is 0 Å². The molecular weight excluding hydrogens is 256 g/mol. The van der Waals surface area contributed by atoms with Crippen molar-refractivity contribution in [3.05, 3.63) is 40.7 Å². The molecule has 1 aromatic carbocycles. The van der Waals surface area contributed by atoms with Crippen molar-refractivity contribution in [3.63, 3.8) is 0 Å². The summed E-state index contributed by atoms with van der Waals surface area (Å²) in [5, 5.41) is 0. The highest BCUT2D eigenvalue weighted by Gasteiger charge is 2.08. The lowest BCUT2D eigenvalue weighted by atomic mass is 10.1. The third-order valence-electron chi connectivity index (χ3n) is 2.76. The van der Waals surface area contributed by atoms with Gasteiger partial charge in [0.2, 0.25) is 0 Å². The molecule has 0 atom stereocenters. The molecule has 2 aromatic rings. The van der Waals surface area contributed by atoms with E-state index in [-0.39, 0.29) is 0 Å². The maximum Gasteiger partial charge on any atom is 0.142 e. The van der Waals surface area contributed by atoms with Crippen molar-refractivity contribution >= 4 is 12.2 Å². The maximum atomic E-state index is 5.64. The van der Waals surface area contributed by atoms with Crippen molar-refractivity contribution < 1.29 is 4.74 Å². The molecule has 0 aliphatic rings. The topological polar surface area (TPSA) is 37.9 Å². The molecule has 0 fully saturated rings. The standard InChI is InChI=1S/C15H18N2OS/c1-3-7-11-10-14(19)17-15(16-11)12-8-5-6-9-13(12)18-4-2/h5-6,8-10H,3-4,7H2,1-2H3,(H,16,17,19). The van der Waals surface area contributed by atoms with E-state index in [1.807, 2.05) is 37.3 Å². The molecule has 0 saturated carbocycles. The lowest BCUT2D eigenvalue weighted by Crippen LogP contribution is -1.99. The molecule has 0 spiro atoms. The fourth-order valence-corrected chi connectivity index (χ4v) is 2.22. The second-order valence-electron chi connectivity index (χ2n) is 4.27. The van der Waals surface area contributed by atoms with Crippen LogP contribution in [0.4, 0.5) is 0 Å². The molecule has 0 bridgehead atoms. The summed E-state index contributed by atoms with van der Waals surface area (Å²) in [5.41, 5.74) is 2.07. The number of aromatic amines is 1. The molecule has 3 nitrogen and oxygen atoms in total. The first-order chi connectivity index (χ1) is 9.24. The largest absolute Gasteiger partial charge is 0.493 e. The number of nitrogens with one attached hydrogen (secondary N) is 1. The Bertz CT molecular complexity index is 607. The zero-order valence-electron chi connectivity index (χ0n) is 11.3. The number of nitrogens with zero attached hydrogens (tertiary/aromatic N) is 1. The predicted molar refractivity (Wildman–Crippen MR) is 80.0 cm³/mol. The van der Waals surface area contributed by atoms with Gasteiger partial charge in [-0.2, -0.15) is 0 Å². The Morgan fingerprint density at radius 2 is 2.05 bits per heavy atom. The van der Waals surface area contributed by atoms with E-state index in [1.54, 1.807) is 0 Å². The summed E-state index contributed by atoms with van der Waals surface area (Å²) in [4.78, 5) is 7.75. The second-order valence-corrected chi connectivity index (χ2v) is 4.69. The van der Waals surface area contributed by atoms with Crippen molar-refractivity contribution in [1.29, 1.82) is 0 Å². The Kier molecular flexibility index (Phi) is 4.68. The number of benzene rings is 1.